The highest BCUT2D eigenvalue weighted by atomic mass is 19.1. The molecule has 0 saturated carbocycles. The van der Waals surface area contributed by atoms with Crippen LogP contribution in [0.3, 0.4) is 0 Å². The van der Waals surface area contributed by atoms with E-state index < -0.39 is 0 Å². The van der Waals surface area contributed by atoms with Gasteiger partial charge in [0.15, 0.2) is 0 Å². The molecule has 2 aromatic carbocycles. The molecule has 1 N–H and O–H groups in total. The summed E-state index contributed by atoms with van der Waals surface area (Å²) in [6.07, 6.45) is 1.91. The minimum absolute atomic E-state index is 0.142. The Hall–Kier alpha value is -2.66. The van der Waals surface area contributed by atoms with Gasteiger partial charge in [0.2, 0.25) is 0 Å². The number of aromatic amines is 1. The molecule has 128 valence electrons. The Balaban J connectivity index is 1.42. The number of rotatable bonds is 4. The van der Waals surface area contributed by atoms with E-state index in [4.69, 9.17) is 0 Å². The van der Waals surface area contributed by atoms with E-state index >= 15 is 0 Å². The van der Waals surface area contributed by atoms with Crippen LogP contribution in [0.2, 0.25) is 0 Å². The molecule has 1 fully saturated rings. The lowest BCUT2D eigenvalue weighted by Crippen LogP contribution is -2.46. The number of nitrogens with one attached hydrogen (secondary N) is 1. The van der Waals surface area contributed by atoms with Gasteiger partial charge in [0.05, 0.1) is 17.6 Å². The molecule has 0 unspecified atom stereocenters. The van der Waals surface area contributed by atoms with Crippen LogP contribution in [-0.4, -0.2) is 41.3 Å². The van der Waals surface area contributed by atoms with E-state index in [1.54, 1.807) is 6.07 Å². The molecular weight excluding hydrogens is 315 g/mol. The number of hydrogen-bond donors (Lipinski definition) is 1. The number of para-hydroxylation sites is 1. The predicted molar refractivity (Wildman–Crippen MR) is 97.9 cm³/mol. The van der Waals surface area contributed by atoms with Gasteiger partial charge in [-0.1, -0.05) is 42.5 Å². The third-order valence-electron chi connectivity index (χ3n) is 4.74. The minimum atomic E-state index is -0.142. The van der Waals surface area contributed by atoms with Gasteiger partial charge in [-0.05, 0) is 17.7 Å². The van der Waals surface area contributed by atoms with Gasteiger partial charge in [0.25, 0.3) is 0 Å². The maximum absolute atomic E-state index is 13.9. The molecule has 0 amide bonds. The summed E-state index contributed by atoms with van der Waals surface area (Å²) in [6, 6.07) is 17.3. The molecule has 2 heterocycles. The number of halogens is 1. The standard InChI is InChI=1S/C20H21FN4/c21-18-8-4-5-9-19(18)25-12-10-24(11-13-25)15-17-14-22-23-20(17)16-6-2-1-3-7-16/h1-9,14H,10-13,15H2,(H,22,23). The molecule has 1 aromatic heterocycles. The van der Waals surface area contributed by atoms with Crippen molar-refractivity contribution in [3.8, 4) is 11.3 Å². The molecule has 4 rings (SSSR count). The summed E-state index contributed by atoms with van der Waals surface area (Å²) in [7, 11) is 0. The van der Waals surface area contributed by atoms with E-state index in [1.165, 1.54) is 11.6 Å². The summed E-state index contributed by atoms with van der Waals surface area (Å²) in [5, 5.41) is 7.34. The molecule has 0 bridgehead atoms. The average molecular weight is 336 g/mol. The summed E-state index contributed by atoms with van der Waals surface area (Å²) in [5.74, 6) is -0.142. The molecule has 1 aliphatic heterocycles. The van der Waals surface area contributed by atoms with Crippen LogP contribution in [0.15, 0.2) is 60.8 Å². The molecule has 0 spiro atoms. The van der Waals surface area contributed by atoms with Crippen molar-refractivity contribution in [3.63, 3.8) is 0 Å². The Kier molecular flexibility index (Phi) is 4.48. The first-order chi connectivity index (χ1) is 12.3. The minimum Gasteiger partial charge on any atom is -0.367 e. The Morgan fingerprint density at radius 1 is 0.920 bits per heavy atom. The lowest BCUT2D eigenvalue weighted by Gasteiger charge is -2.36. The van der Waals surface area contributed by atoms with Gasteiger partial charge in [0, 0.05) is 38.3 Å². The molecule has 4 nitrogen and oxygen atoms in total. The first-order valence-corrected chi connectivity index (χ1v) is 8.61. The third-order valence-corrected chi connectivity index (χ3v) is 4.74. The van der Waals surface area contributed by atoms with Gasteiger partial charge < -0.3 is 4.90 Å². The Morgan fingerprint density at radius 3 is 2.40 bits per heavy atom. The van der Waals surface area contributed by atoms with Crippen molar-refractivity contribution in [2.24, 2.45) is 0 Å². The maximum Gasteiger partial charge on any atom is 0.146 e. The molecule has 5 heteroatoms. The van der Waals surface area contributed by atoms with Gasteiger partial charge in [-0.2, -0.15) is 5.10 Å². The Morgan fingerprint density at radius 2 is 1.64 bits per heavy atom. The quantitative estimate of drug-likeness (QED) is 0.791. The van der Waals surface area contributed by atoms with Crippen LogP contribution in [0.4, 0.5) is 10.1 Å². The zero-order valence-electron chi connectivity index (χ0n) is 14.0. The smallest absolute Gasteiger partial charge is 0.146 e. The molecule has 1 aliphatic rings. The van der Waals surface area contributed by atoms with Crippen LogP contribution in [0, 0.1) is 5.82 Å². The highest BCUT2D eigenvalue weighted by Crippen LogP contribution is 2.24. The second kappa shape index (κ2) is 7.07. The highest BCUT2D eigenvalue weighted by Gasteiger charge is 2.20. The number of aromatic nitrogens is 2. The second-order valence-corrected chi connectivity index (χ2v) is 6.35. The van der Waals surface area contributed by atoms with Crippen molar-refractivity contribution in [3.05, 3.63) is 72.2 Å². The lowest BCUT2D eigenvalue weighted by molar-refractivity contribution is 0.249. The van der Waals surface area contributed by atoms with E-state index in [2.05, 4.69) is 32.1 Å². The normalized spacial score (nSPS) is 15.5. The van der Waals surface area contributed by atoms with Gasteiger partial charge in [-0.15, -0.1) is 0 Å². The number of piperazine rings is 1. The largest absolute Gasteiger partial charge is 0.367 e. The van der Waals surface area contributed by atoms with E-state index in [-0.39, 0.29) is 5.82 Å². The van der Waals surface area contributed by atoms with Crippen molar-refractivity contribution in [1.82, 2.24) is 15.1 Å². The number of benzene rings is 2. The zero-order chi connectivity index (χ0) is 17.1. The van der Waals surface area contributed by atoms with Crippen molar-refractivity contribution in [2.75, 3.05) is 31.1 Å². The van der Waals surface area contributed by atoms with Crippen LogP contribution in [0.5, 0.6) is 0 Å². The number of hydrogen-bond acceptors (Lipinski definition) is 3. The van der Waals surface area contributed by atoms with E-state index in [9.17, 15) is 4.39 Å². The molecule has 0 aliphatic carbocycles. The monoisotopic (exact) mass is 336 g/mol. The predicted octanol–water partition coefficient (Wildman–Crippen LogP) is 3.54. The molecule has 3 aromatic rings. The van der Waals surface area contributed by atoms with Crippen LogP contribution in [-0.2, 0) is 6.54 Å². The van der Waals surface area contributed by atoms with Crippen LogP contribution >= 0.6 is 0 Å². The van der Waals surface area contributed by atoms with E-state index in [0.717, 1.165) is 44.0 Å². The van der Waals surface area contributed by atoms with Crippen molar-refractivity contribution < 1.29 is 4.39 Å². The van der Waals surface area contributed by atoms with Crippen LogP contribution < -0.4 is 4.90 Å². The van der Waals surface area contributed by atoms with Crippen LogP contribution in [0.1, 0.15) is 5.56 Å². The molecule has 25 heavy (non-hydrogen) atoms. The SMILES string of the molecule is Fc1ccccc1N1CCN(Cc2cn[nH]c2-c2ccccc2)CC1. The highest BCUT2D eigenvalue weighted by molar-refractivity contribution is 5.62. The third kappa shape index (κ3) is 3.42. The summed E-state index contributed by atoms with van der Waals surface area (Å²) in [5.41, 5.74) is 4.14. The molecule has 1 saturated heterocycles. The van der Waals surface area contributed by atoms with Gasteiger partial charge in [-0.3, -0.25) is 10.00 Å². The number of anilines is 1. The first-order valence-electron chi connectivity index (χ1n) is 8.61. The Bertz CT molecular complexity index is 822. The molecule has 0 radical (unpaired) electrons. The zero-order valence-corrected chi connectivity index (χ0v) is 14.0. The lowest BCUT2D eigenvalue weighted by atomic mass is 10.1. The fraction of sp³-hybridized carbons (Fsp3) is 0.250. The van der Waals surface area contributed by atoms with Crippen molar-refractivity contribution >= 4 is 5.69 Å². The van der Waals surface area contributed by atoms with Crippen LogP contribution in [0.25, 0.3) is 11.3 Å². The van der Waals surface area contributed by atoms with Gasteiger partial charge >= 0.3 is 0 Å². The molecular formula is C20H21FN4. The number of nitrogens with zero attached hydrogens (tertiary/aromatic N) is 3. The summed E-state index contributed by atoms with van der Waals surface area (Å²) < 4.78 is 13.9. The summed E-state index contributed by atoms with van der Waals surface area (Å²) in [4.78, 5) is 4.52. The van der Waals surface area contributed by atoms with E-state index in [0.29, 0.717) is 5.69 Å². The average Bonchev–Trinajstić information content (AvgIpc) is 3.12. The molecule has 0 atom stereocenters. The first kappa shape index (κ1) is 15.8. The van der Waals surface area contributed by atoms with Gasteiger partial charge in [-0.25, -0.2) is 4.39 Å². The van der Waals surface area contributed by atoms with Crippen molar-refractivity contribution in [2.45, 2.75) is 6.54 Å². The maximum atomic E-state index is 13.9. The summed E-state index contributed by atoms with van der Waals surface area (Å²) in [6.45, 7) is 4.34. The van der Waals surface area contributed by atoms with Crippen molar-refractivity contribution in [1.29, 1.82) is 0 Å². The Labute approximate surface area is 146 Å². The van der Waals surface area contributed by atoms with Gasteiger partial charge in [0.1, 0.15) is 5.82 Å². The fourth-order valence-electron chi connectivity index (χ4n) is 3.38. The number of H-pyrrole nitrogens is 1. The topological polar surface area (TPSA) is 35.2 Å². The fourth-order valence-corrected chi connectivity index (χ4v) is 3.38. The summed E-state index contributed by atoms with van der Waals surface area (Å²) >= 11 is 0. The van der Waals surface area contributed by atoms with E-state index in [1.807, 2.05) is 36.5 Å². The second-order valence-electron chi connectivity index (χ2n) is 6.35.